The number of para-hydroxylation sites is 4. The molecule has 0 amide bonds. The van der Waals surface area contributed by atoms with Gasteiger partial charge < -0.3 is 9.47 Å². The molecule has 2 aromatic heterocycles. The molecular weight excluding hydrogens is 574 g/mol. The molecule has 0 radical (unpaired) electrons. The molecule has 222 valence electrons. The molecule has 0 bridgehead atoms. The molecule has 2 unspecified atom stereocenters. The minimum absolute atomic E-state index is 0.00120. The summed E-state index contributed by atoms with van der Waals surface area (Å²) in [4.78, 5) is 17.8. The van der Waals surface area contributed by atoms with Crippen molar-refractivity contribution in [2.75, 3.05) is 4.90 Å². The Morgan fingerprint density at radius 2 is 1.09 bits per heavy atom. The van der Waals surface area contributed by atoms with Crippen molar-refractivity contribution >= 4 is 54.9 Å². The highest BCUT2D eigenvalue weighted by atomic mass is 16.1. The van der Waals surface area contributed by atoms with Gasteiger partial charge in [0.2, 0.25) is 0 Å². The summed E-state index contributed by atoms with van der Waals surface area (Å²) in [6, 6.07) is 48.6. The molecule has 2 atom stereocenters. The Kier molecular flexibility index (Phi) is 5.52. The molecule has 4 heteroatoms. The van der Waals surface area contributed by atoms with Crippen LogP contribution < -0.4 is 10.5 Å². The SMILES string of the molecule is O=c1c2c(ccc3c2c2ccccc2n3-c2ccccc2)c2ccc3c(c2n1-c1ccccc1)C1C=CC=CC1N3c1ccccc1. The molecule has 1 aliphatic carbocycles. The third kappa shape index (κ3) is 3.61. The van der Waals surface area contributed by atoms with Gasteiger partial charge in [0.25, 0.3) is 5.56 Å². The van der Waals surface area contributed by atoms with E-state index in [0.29, 0.717) is 0 Å². The van der Waals surface area contributed by atoms with Crippen molar-refractivity contribution in [3.05, 3.63) is 180 Å². The third-order valence-corrected chi connectivity index (χ3v) is 10.0. The van der Waals surface area contributed by atoms with Crippen LogP contribution in [0, 0.1) is 0 Å². The van der Waals surface area contributed by atoms with Crippen LogP contribution in [-0.4, -0.2) is 15.2 Å². The van der Waals surface area contributed by atoms with Crippen LogP contribution in [0.15, 0.2) is 169 Å². The first kappa shape index (κ1) is 26.1. The second-order valence-electron chi connectivity index (χ2n) is 12.4. The minimum atomic E-state index is -0.00120. The molecule has 0 spiro atoms. The predicted octanol–water partition coefficient (Wildman–Crippen LogP) is 9.97. The van der Waals surface area contributed by atoms with Crippen LogP contribution >= 0.6 is 0 Å². The zero-order valence-corrected chi connectivity index (χ0v) is 25.5. The monoisotopic (exact) mass is 603 g/mol. The molecule has 0 N–H and O–H groups in total. The standard InChI is InChI=1S/C43H29N3O/c47-43-41-31(24-26-37-39(41)33-20-10-12-22-35(33)44(37)28-14-4-1-5-15-28)32-25-27-38-40(42(32)46(43)30-18-8-3-9-19-30)34-21-11-13-23-36(34)45(38)29-16-6-2-7-17-29/h1-27,34,36H. The molecule has 10 rings (SSSR count). The summed E-state index contributed by atoms with van der Waals surface area (Å²) in [6.07, 6.45) is 8.88. The van der Waals surface area contributed by atoms with Crippen molar-refractivity contribution in [1.82, 2.24) is 9.13 Å². The van der Waals surface area contributed by atoms with Gasteiger partial charge >= 0.3 is 0 Å². The number of hydrogen-bond acceptors (Lipinski definition) is 2. The normalized spacial score (nSPS) is 16.8. The van der Waals surface area contributed by atoms with E-state index in [0.717, 1.165) is 66.2 Å². The number of anilines is 2. The Morgan fingerprint density at radius 1 is 0.468 bits per heavy atom. The largest absolute Gasteiger partial charge is 0.333 e. The molecule has 8 aromatic rings. The molecule has 6 aromatic carbocycles. The fourth-order valence-corrected chi connectivity index (χ4v) is 8.16. The van der Waals surface area contributed by atoms with Gasteiger partial charge in [-0.05, 0) is 60.0 Å². The average molecular weight is 604 g/mol. The summed E-state index contributed by atoms with van der Waals surface area (Å²) in [6.45, 7) is 0. The predicted molar refractivity (Wildman–Crippen MR) is 195 cm³/mol. The van der Waals surface area contributed by atoms with Gasteiger partial charge in [0, 0.05) is 50.4 Å². The summed E-state index contributed by atoms with van der Waals surface area (Å²) in [5.41, 5.74) is 8.50. The number of aromatic nitrogens is 2. The van der Waals surface area contributed by atoms with Crippen LogP contribution in [0.25, 0.3) is 54.9 Å². The van der Waals surface area contributed by atoms with E-state index in [1.165, 1.54) is 5.56 Å². The van der Waals surface area contributed by atoms with Crippen LogP contribution in [0.1, 0.15) is 11.5 Å². The minimum Gasteiger partial charge on any atom is -0.333 e. The molecule has 2 aliphatic rings. The number of allylic oxidation sites excluding steroid dienone is 2. The Hall–Kier alpha value is -6.13. The van der Waals surface area contributed by atoms with E-state index < -0.39 is 0 Å². The number of hydrogen-bond donors (Lipinski definition) is 0. The van der Waals surface area contributed by atoms with Crippen LogP contribution in [0.3, 0.4) is 0 Å². The van der Waals surface area contributed by atoms with Crippen molar-refractivity contribution < 1.29 is 0 Å². The topological polar surface area (TPSA) is 30.2 Å². The van der Waals surface area contributed by atoms with Gasteiger partial charge in [-0.3, -0.25) is 9.36 Å². The Morgan fingerprint density at radius 3 is 1.83 bits per heavy atom. The average Bonchev–Trinajstić information content (AvgIpc) is 3.66. The van der Waals surface area contributed by atoms with E-state index in [4.69, 9.17) is 0 Å². The number of fused-ring (bicyclic) bond motifs is 11. The van der Waals surface area contributed by atoms with Crippen molar-refractivity contribution in [3.63, 3.8) is 0 Å². The lowest BCUT2D eigenvalue weighted by Gasteiger charge is -2.28. The van der Waals surface area contributed by atoms with Gasteiger partial charge in [0.05, 0.1) is 28.0 Å². The highest BCUT2D eigenvalue weighted by Gasteiger charge is 2.40. The highest BCUT2D eigenvalue weighted by molar-refractivity contribution is 6.25. The lowest BCUT2D eigenvalue weighted by Crippen LogP contribution is -2.28. The Balaban J connectivity index is 1.40. The van der Waals surface area contributed by atoms with E-state index in [1.807, 2.05) is 28.8 Å². The van der Waals surface area contributed by atoms with Crippen LogP contribution in [0.4, 0.5) is 11.4 Å². The van der Waals surface area contributed by atoms with Gasteiger partial charge in [0.1, 0.15) is 0 Å². The first-order valence-electron chi connectivity index (χ1n) is 16.2. The number of rotatable bonds is 3. The second kappa shape index (κ2) is 9.93. The molecule has 4 nitrogen and oxygen atoms in total. The lowest BCUT2D eigenvalue weighted by atomic mass is 9.88. The molecule has 0 saturated carbocycles. The maximum atomic E-state index is 15.4. The molecule has 3 heterocycles. The van der Waals surface area contributed by atoms with E-state index in [2.05, 4.69) is 149 Å². The third-order valence-electron chi connectivity index (χ3n) is 10.0. The van der Waals surface area contributed by atoms with E-state index in [-0.39, 0.29) is 17.5 Å². The van der Waals surface area contributed by atoms with E-state index in [9.17, 15) is 0 Å². The van der Waals surface area contributed by atoms with Crippen LogP contribution in [-0.2, 0) is 0 Å². The van der Waals surface area contributed by atoms with Crippen molar-refractivity contribution in [3.8, 4) is 11.4 Å². The van der Waals surface area contributed by atoms with Crippen LogP contribution in [0.2, 0.25) is 0 Å². The second-order valence-corrected chi connectivity index (χ2v) is 12.4. The fraction of sp³-hybridized carbons (Fsp3) is 0.0465. The lowest BCUT2D eigenvalue weighted by molar-refractivity contribution is 0.745. The smallest absolute Gasteiger partial charge is 0.264 e. The zero-order valence-electron chi connectivity index (χ0n) is 25.5. The van der Waals surface area contributed by atoms with Gasteiger partial charge in [-0.25, -0.2) is 0 Å². The van der Waals surface area contributed by atoms with Gasteiger partial charge in [-0.15, -0.1) is 0 Å². The molecule has 1 aliphatic heterocycles. The maximum absolute atomic E-state index is 15.4. The highest BCUT2D eigenvalue weighted by Crippen LogP contribution is 2.51. The summed E-state index contributed by atoms with van der Waals surface area (Å²) < 4.78 is 4.27. The summed E-state index contributed by atoms with van der Waals surface area (Å²) in [5.74, 6) is 0.0921. The number of pyridine rings is 1. The Bertz CT molecular complexity index is 2650. The molecule has 0 fully saturated rings. The Labute approximate surface area is 271 Å². The van der Waals surface area contributed by atoms with Crippen molar-refractivity contribution in [2.45, 2.75) is 12.0 Å². The summed E-state index contributed by atoms with van der Waals surface area (Å²) in [7, 11) is 0. The quantitative estimate of drug-likeness (QED) is 0.188. The van der Waals surface area contributed by atoms with E-state index in [1.54, 1.807) is 0 Å². The summed E-state index contributed by atoms with van der Waals surface area (Å²) in [5, 5.41) is 4.87. The van der Waals surface area contributed by atoms with Crippen molar-refractivity contribution in [1.29, 1.82) is 0 Å². The van der Waals surface area contributed by atoms with Crippen molar-refractivity contribution in [2.24, 2.45) is 0 Å². The number of benzene rings is 6. The van der Waals surface area contributed by atoms with Gasteiger partial charge in [-0.1, -0.05) is 109 Å². The first-order chi connectivity index (χ1) is 23.3. The maximum Gasteiger partial charge on any atom is 0.264 e. The van der Waals surface area contributed by atoms with Gasteiger partial charge in [-0.2, -0.15) is 0 Å². The molecule has 0 saturated heterocycles. The summed E-state index contributed by atoms with van der Waals surface area (Å²) >= 11 is 0. The van der Waals surface area contributed by atoms with Gasteiger partial charge in [0.15, 0.2) is 0 Å². The van der Waals surface area contributed by atoms with E-state index >= 15 is 4.79 Å². The molecule has 47 heavy (non-hydrogen) atoms. The van der Waals surface area contributed by atoms with Crippen LogP contribution in [0.5, 0.6) is 0 Å². The number of nitrogens with zero attached hydrogens (tertiary/aromatic N) is 3. The zero-order chi connectivity index (χ0) is 31.1. The molecular formula is C43H29N3O. The first-order valence-corrected chi connectivity index (χ1v) is 16.2. The fourth-order valence-electron chi connectivity index (χ4n) is 8.16.